The summed E-state index contributed by atoms with van der Waals surface area (Å²) >= 11 is 0. The van der Waals surface area contributed by atoms with Crippen LogP contribution in [-0.2, 0) is 16.1 Å². The molecule has 4 rings (SSSR count). The summed E-state index contributed by atoms with van der Waals surface area (Å²) in [5, 5.41) is 7.11. The average Bonchev–Trinajstić information content (AvgIpc) is 2.72. The number of imide groups is 2. The third-order valence-corrected chi connectivity index (χ3v) is 4.62. The van der Waals surface area contributed by atoms with Crippen molar-refractivity contribution in [2.24, 2.45) is 0 Å². The van der Waals surface area contributed by atoms with Crippen LogP contribution in [0.4, 0.5) is 10.6 Å². The second-order valence-electron chi connectivity index (χ2n) is 6.70. The van der Waals surface area contributed by atoms with E-state index in [2.05, 4.69) is 10.3 Å². The summed E-state index contributed by atoms with van der Waals surface area (Å²) in [6.45, 7) is 2.21. The lowest BCUT2D eigenvalue weighted by atomic mass is 10.1. The smallest absolute Gasteiger partial charge is 0.328 e. The fourth-order valence-corrected chi connectivity index (χ4v) is 3.11. The van der Waals surface area contributed by atoms with Gasteiger partial charge in [-0.3, -0.25) is 29.4 Å². The number of barbiturate groups is 1. The maximum Gasteiger partial charge on any atom is 0.328 e. The second-order valence-corrected chi connectivity index (χ2v) is 6.70. The largest absolute Gasteiger partial charge is 0.365 e. The number of hydrogen-bond donors (Lipinski definition) is 3. The molecule has 1 saturated heterocycles. The molecule has 0 aliphatic carbocycles. The highest BCUT2D eigenvalue weighted by molar-refractivity contribution is 6.31. The van der Waals surface area contributed by atoms with Crippen LogP contribution in [0.1, 0.15) is 16.7 Å². The van der Waals surface area contributed by atoms with Crippen molar-refractivity contribution in [1.29, 1.82) is 0 Å². The molecule has 30 heavy (non-hydrogen) atoms. The third-order valence-electron chi connectivity index (χ3n) is 4.62. The van der Waals surface area contributed by atoms with Crippen molar-refractivity contribution < 1.29 is 14.4 Å². The number of carbonyl (C=O) groups excluding carboxylic acids is 3. The molecule has 0 saturated carbocycles. The molecular formula is C21H17N5O4. The highest BCUT2D eigenvalue weighted by atomic mass is 16.2. The Labute approximate surface area is 170 Å². The summed E-state index contributed by atoms with van der Waals surface area (Å²) in [4.78, 5) is 53.3. The van der Waals surface area contributed by atoms with E-state index >= 15 is 0 Å². The molecule has 3 N–H and O–H groups in total. The van der Waals surface area contributed by atoms with Crippen LogP contribution in [-0.4, -0.2) is 27.2 Å². The second kappa shape index (κ2) is 7.63. The number of carbonyl (C=O) groups is 3. The van der Waals surface area contributed by atoms with Gasteiger partial charge < -0.3 is 5.32 Å². The van der Waals surface area contributed by atoms with Gasteiger partial charge in [-0.1, -0.05) is 36.4 Å². The fourth-order valence-electron chi connectivity index (χ4n) is 3.11. The van der Waals surface area contributed by atoms with Crippen molar-refractivity contribution >= 4 is 35.4 Å². The van der Waals surface area contributed by atoms with Crippen molar-refractivity contribution in [3.8, 4) is 0 Å². The van der Waals surface area contributed by atoms with E-state index < -0.39 is 23.4 Å². The molecule has 4 amide bonds. The molecule has 3 heterocycles. The van der Waals surface area contributed by atoms with Crippen LogP contribution >= 0.6 is 0 Å². The van der Waals surface area contributed by atoms with Gasteiger partial charge in [0.2, 0.25) is 0 Å². The minimum atomic E-state index is -0.909. The van der Waals surface area contributed by atoms with Crippen molar-refractivity contribution in [1.82, 2.24) is 20.0 Å². The molecule has 9 heteroatoms. The van der Waals surface area contributed by atoms with E-state index in [9.17, 15) is 19.2 Å². The van der Waals surface area contributed by atoms with Gasteiger partial charge in [-0.15, -0.1) is 0 Å². The van der Waals surface area contributed by atoms with E-state index in [0.29, 0.717) is 12.2 Å². The van der Waals surface area contributed by atoms with Crippen molar-refractivity contribution in [2.45, 2.75) is 13.5 Å². The third kappa shape index (κ3) is 3.55. The monoisotopic (exact) mass is 403 g/mol. The molecule has 3 aromatic rings. The van der Waals surface area contributed by atoms with Crippen LogP contribution in [0.15, 0.2) is 59.0 Å². The minimum Gasteiger partial charge on any atom is -0.365 e. The highest BCUT2D eigenvalue weighted by Gasteiger charge is 2.28. The number of pyridine rings is 1. The Morgan fingerprint density at radius 1 is 1.00 bits per heavy atom. The topological polar surface area (TPSA) is 122 Å². The Morgan fingerprint density at radius 3 is 2.40 bits per heavy atom. The number of nitrogens with one attached hydrogen (secondary N) is 3. The van der Waals surface area contributed by atoms with Gasteiger partial charge in [-0.05, 0) is 30.2 Å². The number of anilines is 1. The van der Waals surface area contributed by atoms with E-state index in [-0.39, 0.29) is 17.0 Å². The summed E-state index contributed by atoms with van der Waals surface area (Å²) in [6, 6.07) is 12.1. The van der Waals surface area contributed by atoms with Crippen LogP contribution < -0.4 is 21.5 Å². The van der Waals surface area contributed by atoms with E-state index in [4.69, 9.17) is 0 Å². The van der Waals surface area contributed by atoms with Gasteiger partial charge in [0, 0.05) is 12.7 Å². The van der Waals surface area contributed by atoms with E-state index in [1.165, 1.54) is 4.40 Å². The number of urea groups is 1. The molecule has 0 radical (unpaired) electrons. The molecule has 0 bridgehead atoms. The maximum atomic E-state index is 13.2. The normalized spacial score (nSPS) is 13.8. The van der Waals surface area contributed by atoms with Crippen LogP contribution in [0.3, 0.4) is 0 Å². The maximum absolute atomic E-state index is 13.2. The molecule has 0 unspecified atom stereocenters. The van der Waals surface area contributed by atoms with Crippen LogP contribution in [0.25, 0.3) is 11.7 Å². The molecule has 1 aliphatic heterocycles. The zero-order chi connectivity index (χ0) is 21.3. The molecular weight excluding hydrogens is 386 g/mol. The summed E-state index contributed by atoms with van der Waals surface area (Å²) in [6.07, 6.45) is 2.71. The molecule has 9 nitrogen and oxygen atoms in total. The minimum absolute atomic E-state index is 0.0312. The van der Waals surface area contributed by atoms with Crippen LogP contribution in [0.2, 0.25) is 0 Å². The lowest BCUT2D eigenvalue weighted by molar-refractivity contribution is -0.123. The van der Waals surface area contributed by atoms with Crippen LogP contribution in [0.5, 0.6) is 0 Å². The molecule has 1 fully saturated rings. The fraction of sp³-hybridized carbons (Fsp3) is 0.0952. The molecule has 0 atom stereocenters. The molecule has 1 aromatic carbocycles. The first-order valence-corrected chi connectivity index (χ1v) is 9.12. The lowest BCUT2D eigenvalue weighted by Crippen LogP contribution is -2.51. The highest BCUT2D eigenvalue weighted by Crippen LogP contribution is 2.18. The van der Waals surface area contributed by atoms with Gasteiger partial charge in [0.25, 0.3) is 17.4 Å². The number of fused-ring (bicyclic) bond motifs is 1. The van der Waals surface area contributed by atoms with Crippen molar-refractivity contribution in [3.63, 3.8) is 0 Å². The molecule has 2 aromatic heterocycles. The Balaban J connectivity index is 1.86. The van der Waals surface area contributed by atoms with E-state index in [1.807, 2.05) is 54.0 Å². The van der Waals surface area contributed by atoms with Gasteiger partial charge in [-0.25, -0.2) is 9.78 Å². The zero-order valence-electron chi connectivity index (χ0n) is 15.9. The van der Waals surface area contributed by atoms with Crippen molar-refractivity contribution in [2.75, 3.05) is 5.32 Å². The Morgan fingerprint density at radius 2 is 1.70 bits per heavy atom. The molecule has 0 spiro atoms. The average molecular weight is 403 g/mol. The van der Waals surface area contributed by atoms with E-state index in [0.717, 1.165) is 17.2 Å². The Bertz CT molecular complexity index is 1260. The standard InChI is InChI=1S/C21H17N5O4/c1-12-6-5-9-26-17(12)23-16(22-11-13-7-3-2-4-8-13)14(20(26)29)10-15-18(27)24-21(30)25-19(15)28/h2-10,22H,11H2,1H3,(H2,24,25,27,28,30). The van der Waals surface area contributed by atoms with Gasteiger partial charge >= 0.3 is 6.03 Å². The predicted octanol–water partition coefficient (Wildman–Crippen LogP) is 1.36. The van der Waals surface area contributed by atoms with Gasteiger partial charge in [0.1, 0.15) is 17.0 Å². The number of benzene rings is 1. The van der Waals surface area contributed by atoms with Crippen molar-refractivity contribution in [3.05, 3.63) is 81.3 Å². The summed E-state index contributed by atoms with van der Waals surface area (Å²) in [5.41, 5.74) is 1.42. The summed E-state index contributed by atoms with van der Waals surface area (Å²) in [5.74, 6) is -1.54. The first kappa shape index (κ1) is 19.1. The number of nitrogens with zero attached hydrogens (tertiary/aromatic N) is 2. The first-order valence-electron chi connectivity index (χ1n) is 9.12. The van der Waals surface area contributed by atoms with Gasteiger partial charge in [-0.2, -0.15) is 0 Å². The van der Waals surface area contributed by atoms with Gasteiger partial charge in [0.05, 0.1) is 5.56 Å². The van der Waals surface area contributed by atoms with Gasteiger partial charge in [0.15, 0.2) is 0 Å². The summed E-state index contributed by atoms with van der Waals surface area (Å²) < 4.78 is 1.35. The molecule has 150 valence electrons. The quantitative estimate of drug-likeness (QED) is 0.447. The number of hydrogen-bond acceptors (Lipinski definition) is 6. The number of amides is 4. The number of aromatic nitrogens is 2. The first-order chi connectivity index (χ1) is 14.4. The number of rotatable bonds is 4. The zero-order valence-corrected chi connectivity index (χ0v) is 15.9. The lowest BCUT2D eigenvalue weighted by Gasteiger charge is -2.15. The Kier molecular flexibility index (Phi) is 4.85. The van der Waals surface area contributed by atoms with E-state index in [1.54, 1.807) is 12.3 Å². The SMILES string of the molecule is Cc1cccn2c(=O)c(C=C3C(=O)NC(=O)NC3=O)c(NCc3ccccc3)nc12. The number of aryl methyl sites for hydroxylation is 1. The predicted molar refractivity (Wildman–Crippen MR) is 110 cm³/mol. The summed E-state index contributed by atoms with van der Waals surface area (Å²) in [7, 11) is 0. The Hall–Kier alpha value is -4.27. The molecule has 1 aliphatic rings. The van der Waals surface area contributed by atoms with Crippen LogP contribution in [0, 0.1) is 6.92 Å².